The SMILES string of the molecule is CCC1CCCN(C(=O)c2csc(Br)c2)CC1. The van der Waals surface area contributed by atoms with E-state index < -0.39 is 0 Å². The fourth-order valence-corrected chi connectivity index (χ4v) is 3.51. The van der Waals surface area contributed by atoms with E-state index >= 15 is 0 Å². The molecule has 0 saturated carbocycles. The molecule has 1 aromatic heterocycles. The van der Waals surface area contributed by atoms with Gasteiger partial charge in [0.05, 0.1) is 9.35 Å². The predicted octanol–water partition coefficient (Wildman–Crippen LogP) is 4.16. The first-order chi connectivity index (χ1) is 8.20. The molecule has 0 N–H and O–H groups in total. The number of nitrogens with zero attached hydrogens (tertiary/aromatic N) is 1. The molecule has 2 heterocycles. The van der Waals surface area contributed by atoms with Gasteiger partial charge in [-0.2, -0.15) is 0 Å². The molecule has 1 aliphatic rings. The molecule has 94 valence electrons. The van der Waals surface area contributed by atoms with E-state index in [1.807, 2.05) is 16.3 Å². The van der Waals surface area contributed by atoms with E-state index in [4.69, 9.17) is 0 Å². The minimum absolute atomic E-state index is 0.198. The van der Waals surface area contributed by atoms with Crippen molar-refractivity contribution in [2.24, 2.45) is 5.92 Å². The van der Waals surface area contributed by atoms with Crippen LogP contribution in [0.2, 0.25) is 0 Å². The number of halogens is 1. The highest BCUT2D eigenvalue weighted by atomic mass is 79.9. The first kappa shape index (κ1) is 13.1. The van der Waals surface area contributed by atoms with Gasteiger partial charge in [0.2, 0.25) is 0 Å². The Labute approximate surface area is 115 Å². The van der Waals surface area contributed by atoms with Crippen LogP contribution in [0.25, 0.3) is 0 Å². The molecule has 0 aromatic carbocycles. The standard InChI is InChI=1S/C13H18BrNOS/c1-2-10-4-3-6-15(7-5-10)13(16)11-8-12(14)17-9-11/h8-10H,2-7H2,1H3. The van der Waals surface area contributed by atoms with Crippen LogP contribution in [-0.2, 0) is 0 Å². The number of hydrogen-bond donors (Lipinski definition) is 0. The number of likely N-dealkylation sites (tertiary alicyclic amines) is 1. The Hall–Kier alpha value is -0.350. The molecule has 1 aromatic rings. The Balaban J connectivity index is 2.00. The van der Waals surface area contributed by atoms with E-state index in [1.54, 1.807) is 11.3 Å². The highest BCUT2D eigenvalue weighted by Gasteiger charge is 2.21. The largest absolute Gasteiger partial charge is 0.339 e. The van der Waals surface area contributed by atoms with Gasteiger partial charge in [0.25, 0.3) is 5.91 Å². The second kappa shape index (κ2) is 6.01. The van der Waals surface area contributed by atoms with Crippen molar-refractivity contribution >= 4 is 33.2 Å². The van der Waals surface area contributed by atoms with E-state index in [1.165, 1.54) is 12.8 Å². The van der Waals surface area contributed by atoms with Gasteiger partial charge in [0.1, 0.15) is 0 Å². The smallest absolute Gasteiger partial charge is 0.254 e. The van der Waals surface area contributed by atoms with E-state index in [0.29, 0.717) is 0 Å². The summed E-state index contributed by atoms with van der Waals surface area (Å²) in [7, 11) is 0. The molecule has 0 spiro atoms. The zero-order valence-electron chi connectivity index (χ0n) is 10.1. The summed E-state index contributed by atoms with van der Waals surface area (Å²) in [6, 6.07) is 1.93. The molecule has 17 heavy (non-hydrogen) atoms. The van der Waals surface area contributed by atoms with E-state index in [-0.39, 0.29) is 5.91 Å². The minimum atomic E-state index is 0.198. The maximum Gasteiger partial charge on any atom is 0.254 e. The summed E-state index contributed by atoms with van der Waals surface area (Å²) < 4.78 is 1.03. The van der Waals surface area contributed by atoms with Crippen LogP contribution >= 0.6 is 27.3 Å². The van der Waals surface area contributed by atoms with Crippen LogP contribution in [0.3, 0.4) is 0 Å². The third-order valence-corrected chi connectivity index (χ3v) is 5.03. The Morgan fingerprint density at radius 2 is 2.35 bits per heavy atom. The fraction of sp³-hybridized carbons (Fsp3) is 0.615. The first-order valence-corrected chi connectivity index (χ1v) is 7.91. The maximum absolute atomic E-state index is 12.3. The average Bonchev–Trinajstić information content (AvgIpc) is 2.64. The van der Waals surface area contributed by atoms with Crippen LogP contribution in [0.5, 0.6) is 0 Å². The number of carbonyl (C=O) groups is 1. The molecule has 1 atom stereocenters. The molecular weight excluding hydrogens is 298 g/mol. The lowest BCUT2D eigenvalue weighted by Crippen LogP contribution is -2.31. The van der Waals surface area contributed by atoms with Crippen LogP contribution < -0.4 is 0 Å². The summed E-state index contributed by atoms with van der Waals surface area (Å²) >= 11 is 4.98. The van der Waals surface area contributed by atoms with Crippen molar-refractivity contribution < 1.29 is 4.79 Å². The van der Waals surface area contributed by atoms with Crippen molar-refractivity contribution in [1.82, 2.24) is 4.90 Å². The molecule has 1 unspecified atom stereocenters. The van der Waals surface area contributed by atoms with Gasteiger partial charge >= 0.3 is 0 Å². The van der Waals surface area contributed by atoms with Crippen molar-refractivity contribution in [3.63, 3.8) is 0 Å². The van der Waals surface area contributed by atoms with Crippen molar-refractivity contribution in [2.45, 2.75) is 32.6 Å². The van der Waals surface area contributed by atoms with E-state index in [9.17, 15) is 4.79 Å². The first-order valence-electron chi connectivity index (χ1n) is 6.24. The topological polar surface area (TPSA) is 20.3 Å². The van der Waals surface area contributed by atoms with E-state index in [0.717, 1.165) is 41.2 Å². The van der Waals surface area contributed by atoms with Gasteiger partial charge in [-0.05, 0) is 47.2 Å². The Bertz CT molecular complexity index is 391. The van der Waals surface area contributed by atoms with Gasteiger partial charge in [-0.1, -0.05) is 13.3 Å². The summed E-state index contributed by atoms with van der Waals surface area (Å²) in [4.78, 5) is 14.3. The third-order valence-electron chi connectivity index (χ3n) is 3.53. The minimum Gasteiger partial charge on any atom is -0.339 e. The monoisotopic (exact) mass is 315 g/mol. The van der Waals surface area contributed by atoms with Gasteiger partial charge in [-0.15, -0.1) is 11.3 Å². The molecule has 4 heteroatoms. The van der Waals surface area contributed by atoms with Crippen molar-refractivity contribution in [2.75, 3.05) is 13.1 Å². The highest BCUT2D eigenvalue weighted by Crippen LogP contribution is 2.24. The molecule has 2 nitrogen and oxygen atoms in total. The molecule has 0 aliphatic carbocycles. The average molecular weight is 316 g/mol. The molecule has 1 fully saturated rings. The molecule has 1 amide bonds. The summed E-state index contributed by atoms with van der Waals surface area (Å²) in [6.45, 7) is 4.09. The molecule has 1 aliphatic heterocycles. The number of carbonyl (C=O) groups excluding carboxylic acids is 1. The van der Waals surface area contributed by atoms with Gasteiger partial charge in [-0.3, -0.25) is 4.79 Å². The summed E-state index contributed by atoms with van der Waals surface area (Å²) in [5.41, 5.74) is 0.830. The second-order valence-corrected chi connectivity index (χ2v) is 6.93. The van der Waals surface area contributed by atoms with Crippen LogP contribution in [0.15, 0.2) is 15.2 Å². The second-order valence-electron chi connectivity index (χ2n) is 4.64. The number of thiophene rings is 1. The van der Waals surface area contributed by atoms with Crippen molar-refractivity contribution in [1.29, 1.82) is 0 Å². The van der Waals surface area contributed by atoms with Crippen molar-refractivity contribution in [3.8, 4) is 0 Å². The number of amides is 1. The zero-order valence-corrected chi connectivity index (χ0v) is 12.5. The van der Waals surface area contributed by atoms with Gasteiger partial charge < -0.3 is 4.90 Å². The maximum atomic E-state index is 12.3. The Morgan fingerprint density at radius 3 is 3.00 bits per heavy atom. The molecule has 0 bridgehead atoms. The van der Waals surface area contributed by atoms with Crippen molar-refractivity contribution in [3.05, 3.63) is 20.8 Å². The molecular formula is C13H18BrNOS. The van der Waals surface area contributed by atoms with Crippen LogP contribution in [0.4, 0.5) is 0 Å². The number of rotatable bonds is 2. The van der Waals surface area contributed by atoms with Crippen LogP contribution in [0.1, 0.15) is 43.0 Å². The normalized spacial score (nSPS) is 21.3. The third kappa shape index (κ3) is 3.32. The lowest BCUT2D eigenvalue weighted by atomic mass is 9.98. The van der Waals surface area contributed by atoms with Crippen LogP contribution in [-0.4, -0.2) is 23.9 Å². The zero-order chi connectivity index (χ0) is 12.3. The van der Waals surface area contributed by atoms with Gasteiger partial charge in [0, 0.05) is 18.5 Å². The lowest BCUT2D eigenvalue weighted by Gasteiger charge is -2.19. The van der Waals surface area contributed by atoms with Gasteiger partial charge in [0.15, 0.2) is 0 Å². The molecule has 1 saturated heterocycles. The molecule has 0 radical (unpaired) electrons. The summed E-state index contributed by atoms with van der Waals surface area (Å²) in [6.07, 6.45) is 4.82. The Kier molecular flexibility index (Phi) is 4.62. The lowest BCUT2D eigenvalue weighted by molar-refractivity contribution is 0.0760. The highest BCUT2D eigenvalue weighted by molar-refractivity contribution is 9.11. The predicted molar refractivity (Wildman–Crippen MR) is 75.6 cm³/mol. The van der Waals surface area contributed by atoms with E-state index in [2.05, 4.69) is 22.9 Å². The Morgan fingerprint density at radius 1 is 1.53 bits per heavy atom. The van der Waals surface area contributed by atoms with Gasteiger partial charge in [-0.25, -0.2) is 0 Å². The number of hydrogen-bond acceptors (Lipinski definition) is 2. The fourth-order valence-electron chi connectivity index (χ4n) is 2.38. The molecule has 2 rings (SSSR count). The summed E-state index contributed by atoms with van der Waals surface area (Å²) in [5.74, 6) is 1.01. The summed E-state index contributed by atoms with van der Waals surface area (Å²) in [5, 5.41) is 1.94. The van der Waals surface area contributed by atoms with Crippen LogP contribution in [0, 0.1) is 5.92 Å². The quantitative estimate of drug-likeness (QED) is 0.802.